The molecule has 0 saturated carbocycles. The molecule has 1 saturated heterocycles. The van der Waals surface area contributed by atoms with Crippen LogP contribution in [0.3, 0.4) is 0 Å². The summed E-state index contributed by atoms with van der Waals surface area (Å²) in [6.07, 6.45) is 6.14. The number of carbonyl (C=O) groups excluding carboxylic acids is 2. The van der Waals surface area contributed by atoms with E-state index in [4.69, 9.17) is 16.3 Å². The third-order valence-corrected chi connectivity index (χ3v) is 3.96. The summed E-state index contributed by atoms with van der Waals surface area (Å²) < 4.78 is 5.01. The summed E-state index contributed by atoms with van der Waals surface area (Å²) in [5.41, 5.74) is 0. The predicted octanol–water partition coefficient (Wildman–Crippen LogP) is 2.77. The van der Waals surface area contributed by atoms with Gasteiger partial charge in [0.25, 0.3) is 0 Å². The Balaban J connectivity index is 2.36. The number of nitrogens with zero attached hydrogens (tertiary/aromatic N) is 1. The van der Waals surface area contributed by atoms with Crippen LogP contribution in [0.25, 0.3) is 0 Å². The number of carbonyl (C=O) groups is 2. The van der Waals surface area contributed by atoms with Crippen LogP contribution in [0.4, 0.5) is 0 Å². The first-order chi connectivity index (χ1) is 9.67. The molecule has 0 N–H and O–H groups in total. The van der Waals surface area contributed by atoms with Gasteiger partial charge in [0.05, 0.1) is 19.6 Å². The molecule has 0 radical (unpaired) electrons. The average Bonchev–Trinajstić information content (AvgIpc) is 2.41. The molecule has 1 rings (SSSR count). The Hall–Kier alpha value is -0.610. The zero-order valence-electron chi connectivity index (χ0n) is 12.4. The standard InChI is InChI=1S/C15H26ClNO3/c1-2-20-15(19)11-13-7-8-14(18)12-17(13)10-6-4-3-5-9-16/h13H,2-12H2,1H3. The third kappa shape index (κ3) is 6.71. The lowest BCUT2D eigenvalue weighted by Crippen LogP contribution is -2.45. The zero-order valence-corrected chi connectivity index (χ0v) is 13.2. The number of hydrogen-bond donors (Lipinski definition) is 0. The average molecular weight is 304 g/mol. The van der Waals surface area contributed by atoms with Gasteiger partial charge in [0.1, 0.15) is 5.78 Å². The van der Waals surface area contributed by atoms with Crippen molar-refractivity contribution in [1.82, 2.24) is 4.90 Å². The molecular weight excluding hydrogens is 278 g/mol. The first kappa shape index (κ1) is 17.4. The Kier molecular flexibility index (Phi) is 8.86. The van der Waals surface area contributed by atoms with E-state index in [0.717, 1.165) is 38.6 Å². The number of piperidine rings is 1. The highest BCUT2D eigenvalue weighted by Crippen LogP contribution is 2.19. The Morgan fingerprint density at radius 3 is 2.80 bits per heavy atom. The molecular formula is C15H26ClNO3. The Morgan fingerprint density at radius 1 is 1.35 bits per heavy atom. The fourth-order valence-corrected chi connectivity index (χ4v) is 2.80. The lowest BCUT2D eigenvalue weighted by Gasteiger charge is -2.34. The van der Waals surface area contributed by atoms with Gasteiger partial charge in [-0.15, -0.1) is 11.6 Å². The van der Waals surface area contributed by atoms with Gasteiger partial charge in [-0.1, -0.05) is 12.8 Å². The van der Waals surface area contributed by atoms with Crippen molar-refractivity contribution in [3.05, 3.63) is 0 Å². The van der Waals surface area contributed by atoms with E-state index in [1.807, 2.05) is 6.92 Å². The second-order valence-corrected chi connectivity index (χ2v) is 5.69. The van der Waals surface area contributed by atoms with Gasteiger partial charge in [0, 0.05) is 18.3 Å². The minimum atomic E-state index is -0.154. The van der Waals surface area contributed by atoms with Gasteiger partial charge in [-0.2, -0.15) is 0 Å². The molecule has 1 aliphatic heterocycles. The molecule has 4 nitrogen and oxygen atoms in total. The summed E-state index contributed by atoms with van der Waals surface area (Å²) in [5.74, 6) is 0.845. The number of Topliss-reactive ketones (excluding diaryl/α,β-unsaturated/α-hetero) is 1. The Morgan fingerprint density at radius 2 is 2.10 bits per heavy atom. The number of esters is 1. The van der Waals surface area contributed by atoms with Crippen LogP contribution < -0.4 is 0 Å². The van der Waals surface area contributed by atoms with Crippen LogP contribution in [-0.2, 0) is 14.3 Å². The normalized spacial score (nSPS) is 20.1. The minimum absolute atomic E-state index is 0.154. The van der Waals surface area contributed by atoms with Gasteiger partial charge in [0.15, 0.2) is 0 Å². The molecule has 5 heteroatoms. The van der Waals surface area contributed by atoms with Crippen molar-refractivity contribution in [2.45, 2.75) is 57.9 Å². The monoisotopic (exact) mass is 303 g/mol. The van der Waals surface area contributed by atoms with E-state index in [-0.39, 0.29) is 17.8 Å². The van der Waals surface area contributed by atoms with Gasteiger partial charge in [0.2, 0.25) is 0 Å². The van der Waals surface area contributed by atoms with E-state index in [1.165, 1.54) is 0 Å². The number of ether oxygens (including phenoxy) is 1. The fraction of sp³-hybridized carbons (Fsp3) is 0.867. The van der Waals surface area contributed by atoms with E-state index in [9.17, 15) is 9.59 Å². The van der Waals surface area contributed by atoms with Crippen molar-refractivity contribution in [1.29, 1.82) is 0 Å². The molecule has 0 amide bonds. The van der Waals surface area contributed by atoms with Gasteiger partial charge < -0.3 is 4.74 Å². The molecule has 0 bridgehead atoms. The van der Waals surface area contributed by atoms with Crippen LogP contribution in [0.5, 0.6) is 0 Å². The van der Waals surface area contributed by atoms with Crippen molar-refractivity contribution in [3.63, 3.8) is 0 Å². The number of unbranched alkanes of at least 4 members (excludes halogenated alkanes) is 3. The van der Waals surface area contributed by atoms with E-state index in [1.54, 1.807) is 0 Å². The quantitative estimate of drug-likeness (QED) is 0.373. The van der Waals surface area contributed by atoms with Gasteiger partial charge in [-0.05, 0) is 32.7 Å². The van der Waals surface area contributed by atoms with Crippen molar-refractivity contribution in [2.24, 2.45) is 0 Å². The Labute approximate surface area is 126 Å². The molecule has 20 heavy (non-hydrogen) atoms. The number of likely N-dealkylation sites (tertiary alicyclic amines) is 1. The largest absolute Gasteiger partial charge is 0.466 e. The van der Waals surface area contributed by atoms with E-state index in [2.05, 4.69) is 4.90 Å². The molecule has 0 aromatic rings. The van der Waals surface area contributed by atoms with Crippen molar-refractivity contribution < 1.29 is 14.3 Å². The summed E-state index contributed by atoms with van der Waals surface area (Å²) in [7, 11) is 0. The SMILES string of the molecule is CCOC(=O)CC1CCC(=O)CN1CCCCCCCl. The molecule has 116 valence electrons. The third-order valence-electron chi connectivity index (χ3n) is 3.69. The maximum absolute atomic E-state index is 11.6. The molecule has 1 aliphatic rings. The van der Waals surface area contributed by atoms with Crippen LogP contribution in [-0.4, -0.2) is 48.3 Å². The first-order valence-corrected chi connectivity index (χ1v) is 8.18. The smallest absolute Gasteiger partial charge is 0.307 e. The van der Waals surface area contributed by atoms with Crippen LogP contribution in [0.15, 0.2) is 0 Å². The van der Waals surface area contributed by atoms with E-state index >= 15 is 0 Å². The molecule has 1 unspecified atom stereocenters. The molecule has 0 aliphatic carbocycles. The molecule has 0 spiro atoms. The highest BCUT2D eigenvalue weighted by Gasteiger charge is 2.28. The predicted molar refractivity (Wildman–Crippen MR) is 80.0 cm³/mol. The second kappa shape index (κ2) is 10.2. The summed E-state index contributed by atoms with van der Waals surface area (Å²) >= 11 is 5.65. The number of hydrogen-bond acceptors (Lipinski definition) is 4. The maximum atomic E-state index is 11.6. The number of alkyl halides is 1. The lowest BCUT2D eigenvalue weighted by molar-refractivity contribution is -0.145. The van der Waals surface area contributed by atoms with Crippen LogP contribution in [0.2, 0.25) is 0 Å². The topological polar surface area (TPSA) is 46.6 Å². The summed E-state index contributed by atoms with van der Waals surface area (Å²) in [6, 6.07) is 0.166. The highest BCUT2D eigenvalue weighted by atomic mass is 35.5. The lowest BCUT2D eigenvalue weighted by atomic mass is 9.98. The zero-order chi connectivity index (χ0) is 14.8. The summed E-state index contributed by atoms with van der Waals surface area (Å²) in [5, 5.41) is 0. The highest BCUT2D eigenvalue weighted by molar-refractivity contribution is 6.17. The summed E-state index contributed by atoms with van der Waals surface area (Å²) in [4.78, 5) is 25.4. The number of ketones is 1. The van der Waals surface area contributed by atoms with Gasteiger partial charge in [-0.3, -0.25) is 14.5 Å². The Bertz CT molecular complexity index is 309. The maximum Gasteiger partial charge on any atom is 0.307 e. The molecule has 1 atom stereocenters. The summed E-state index contributed by atoms with van der Waals surface area (Å²) in [6.45, 7) is 3.61. The molecule has 1 fully saturated rings. The second-order valence-electron chi connectivity index (χ2n) is 5.31. The van der Waals surface area contributed by atoms with Gasteiger partial charge in [-0.25, -0.2) is 0 Å². The van der Waals surface area contributed by atoms with Crippen molar-refractivity contribution in [3.8, 4) is 0 Å². The van der Waals surface area contributed by atoms with Crippen LogP contribution in [0, 0.1) is 0 Å². The van der Waals surface area contributed by atoms with Gasteiger partial charge >= 0.3 is 5.97 Å². The number of rotatable bonds is 9. The first-order valence-electron chi connectivity index (χ1n) is 7.64. The van der Waals surface area contributed by atoms with Crippen molar-refractivity contribution in [2.75, 3.05) is 25.6 Å². The van der Waals surface area contributed by atoms with E-state index < -0.39 is 0 Å². The molecule has 0 aromatic heterocycles. The molecule has 1 heterocycles. The minimum Gasteiger partial charge on any atom is -0.466 e. The van der Waals surface area contributed by atoms with E-state index in [0.29, 0.717) is 31.9 Å². The van der Waals surface area contributed by atoms with Crippen LogP contribution >= 0.6 is 11.6 Å². The van der Waals surface area contributed by atoms with Crippen molar-refractivity contribution >= 4 is 23.4 Å². The fourth-order valence-electron chi connectivity index (χ4n) is 2.61. The number of halogens is 1. The van der Waals surface area contributed by atoms with Crippen LogP contribution in [0.1, 0.15) is 51.9 Å². The molecule has 0 aromatic carbocycles.